The van der Waals surface area contributed by atoms with Gasteiger partial charge in [0.05, 0.1) is 17.7 Å². The van der Waals surface area contributed by atoms with E-state index in [-0.39, 0.29) is 10.6 Å². The van der Waals surface area contributed by atoms with Crippen LogP contribution in [0.25, 0.3) is 0 Å². The lowest BCUT2D eigenvalue weighted by Gasteiger charge is -2.10. The van der Waals surface area contributed by atoms with E-state index in [0.29, 0.717) is 16.6 Å². The van der Waals surface area contributed by atoms with Crippen molar-refractivity contribution >= 4 is 37.6 Å². The summed E-state index contributed by atoms with van der Waals surface area (Å²) in [6.07, 6.45) is 0. The van der Waals surface area contributed by atoms with Crippen LogP contribution in [0.5, 0.6) is 0 Å². The monoisotopic (exact) mass is 405 g/mol. The molecular weight excluding hydrogens is 396 g/mol. The van der Waals surface area contributed by atoms with Gasteiger partial charge in [0.1, 0.15) is 17.2 Å². The third-order valence-corrected chi connectivity index (χ3v) is 4.73. The highest BCUT2D eigenvalue weighted by molar-refractivity contribution is 9.10. The predicted molar refractivity (Wildman–Crippen MR) is 82.6 cm³/mol. The smallest absolute Gasteiger partial charge is 0.343 e. The summed E-state index contributed by atoms with van der Waals surface area (Å²) in [4.78, 5) is 11.2. The molecule has 0 unspecified atom stereocenters. The highest BCUT2D eigenvalue weighted by atomic mass is 79.9. The van der Waals surface area contributed by atoms with Gasteiger partial charge in [0.2, 0.25) is 0 Å². The Balaban J connectivity index is 2.37. The Morgan fingerprint density at radius 3 is 2.13 bits per heavy atom. The van der Waals surface area contributed by atoms with Gasteiger partial charge in [-0.2, -0.15) is 0 Å². The molecule has 0 heterocycles. The normalized spacial score (nSPS) is 11.1. The van der Waals surface area contributed by atoms with E-state index in [1.165, 1.54) is 24.3 Å². The first-order valence-electron chi connectivity index (χ1n) is 6.10. The molecule has 5 nitrogen and oxygen atoms in total. The highest BCUT2D eigenvalue weighted by Crippen LogP contribution is 2.23. The third kappa shape index (κ3) is 3.85. The lowest BCUT2D eigenvalue weighted by Crippen LogP contribution is -2.15. The van der Waals surface area contributed by atoms with Gasteiger partial charge < -0.3 is 4.74 Å². The molecule has 0 aliphatic rings. The van der Waals surface area contributed by atoms with E-state index < -0.39 is 33.2 Å². The minimum absolute atomic E-state index is 0.0847. The number of anilines is 1. The van der Waals surface area contributed by atoms with Gasteiger partial charge >= 0.3 is 5.97 Å². The number of hydrogen-bond acceptors (Lipinski definition) is 4. The van der Waals surface area contributed by atoms with Crippen LogP contribution in [-0.2, 0) is 14.8 Å². The van der Waals surface area contributed by atoms with E-state index in [1.807, 2.05) is 4.72 Å². The molecule has 1 N–H and O–H groups in total. The fourth-order valence-corrected chi connectivity index (χ4v) is 3.06. The van der Waals surface area contributed by atoms with Crippen LogP contribution in [0.4, 0.5) is 14.5 Å². The van der Waals surface area contributed by atoms with Crippen LogP contribution < -0.4 is 4.72 Å². The first-order chi connectivity index (χ1) is 10.7. The number of esters is 1. The summed E-state index contributed by atoms with van der Waals surface area (Å²) < 4.78 is 58.9. The van der Waals surface area contributed by atoms with Gasteiger partial charge in [-0.3, -0.25) is 4.72 Å². The van der Waals surface area contributed by atoms with Gasteiger partial charge in [0.15, 0.2) is 0 Å². The third-order valence-electron chi connectivity index (χ3n) is 2.81. The number of hydrogen-bond donors (Lipinski definition) is 1. The maximum Gasteiger partial charge on any atom is 0.343 e. The molecule has 0 aliphatic heterocycles. The SMILES string of the molecule is COC(=O)c1c(F)cc(NS(=O)(=O)c2ccc(Br)cc2)cc1F. The van der Waals surface area contributed by atoms with Crippen molar-refractivity contribution in [1.82, 2.24) is 0 Å². The van der Waals surface area contributed by atoms with E-state index in [0.717, 1.165) is 7.11 Å². The summed E-state index contributed by atoms with van der Waals surface area (Å²) in [5, 5.41) is 0. The Morgan fingerprint density at radius 2 is 1.65 bits per heavy atom. The number of rotatable bonds is 4. The summed E-state index contributed by atoms with van der Waals surface area (Å²) in [5.74, 6) is -3.65. The minimum atomic E-state index is -4.02. The van der Waals surface area contributed by atoms with Crippen molar-refractivity contribution in [3.63, 3.8) is 0 Å². The van der Waals surface area contributed by atoms with E-state index in [4.69, 9.17) is 0 Å². The van der Waals surface area contributed by atoms with Crippen LogP contribution >= 0.6 is 15.9 Å². The number of ether oxygens (including phenoxy) is 1. The standard InChI is InChI=1S/C14H10BrF2NO4S/c1-22-14(19)13-11(16)6-9(7-12(13)17)18-23(20,21)10-4-2-8(15)3-5-10/h2-7,18H,1H3. The minimum Gasteiger partial charge on any atom is -0.465 e. The van der Waals surface area contributed by atoms with Crippen LogP contribution in [0, 0.1) is 11.6 Å². The lowest BCUT2D eigenvalue weighted by molar-refractivity contribution is 0.0590. The summed E-state index contributed by atoms with van der Waals surface area (Å²) in [7, 11) is -3.05. The number of halogens is 3. The second kappa shape index (κ2) is 6.63. The molecule has 0 aromatic heterocycles. The van der Waals surface area contributed by atoms with E-state index in [9.17, 15) is 22.0 Å². The molecule has 2 aromatic rings. The average Bonchev–Trinajstić information content (AvgIpc) is 2.46. The molecular formula is C14H10BrF2NO4S. The molecule has 0 saturated heterocycles. The topological polar surface area (TPSA) is 72.5 Å². The van der Waals surface area contributed by atoms with Crippen molar-refractivity contribution in [1.29, 1.82) is 0 Å². The zero-order chi connectivity index (χ0) is 17.2. The molecule has 0 amide bonds. The largest absolute Gasteiger partial charge is 0.465 e. The van der Waals surface area contributed by atoms with Crippen LogP contribution in [0.2, 0.25) is 0 Å². The van der Waals surface area contributed by atoms with E-state index in [1.54, 1.807) is 0 Å². The van der Waals surface area contributed by atoms with Crippen molar-refractivity contribution in [2.75, 3.05) is 11.8 Å². The summed E-state index contributed by atoms with van der Waals surface area (Å²) >= 11 is 3.17. The quantitative estimate of drug-likeness (QED) is 0.791. The molecule has 0 bridgehead atoms. The maximum absolute atomic E-state index is 13.8. The van der Waals surface area contributed by atoms with Crippen molar-refractivity contribution < 1.29 is 26.7 Å². The summed E-state index contributed by atoms with van der Waals surface area (Å²) in [5.41, 5.74) is -1.24. The van der Waals surface area contributed by atoms with Gasteiger partial charge in [-0.25, -0.2) is 22.0 Å². The molecule has 2 aromatic carbocycles. The van der Waals surface area contributed by atoms with Gasteiger partial charge in [-0.1, -0.05) is 15.9 Å². The fraction of sp³-hybridized carbons (Fsp3) is 0.0714. The predicted octanol–water partition coefficient (Wildman–Crippen LogP) is 3.31. The lowest BCUT2D eigenvalue weighted by atomic mass is 10.2. The van der Waals surface area contributed by atoms with Crippen molar-refractivity contribution in [2.45, 2.75) is 4.90 Å². The molecule has 2 rings (SSSR count). The molecule has 0 saturated carbocycles. The Bertz CT molecular complexity index is 831. The van der Waals surface area contributed by atoms with Gasteiger partial charge in [0, 0.05) is 4.47 Å². The van der Waals surface area contributed by atoms with Gasteiger partial charge in [-0.15, -0.1) is 0 Å². The molecule has 0 atom stereocenters. The Morgan fingerprint density at radius 1 is 1.13 bits per heavy atom. The van der Waals surface area contributed by atoms with Crippen molar-refractivity contribution in [3.05, 3.63) is 58.1 Å². The maximum atomic E-state index is 13.8. The summed E-state index contributed by atoms with van der Waals surface area (Å²) in [6, 6.07) is 7.06. The molecule has 122 valence electrons. The second-order valence-electron chi connectivity index (χ2n) is 4.37. The number of carbonyl (C=O) groups excluding carboxylic acids is 1. The Labute approximate surface area is 139 Å². The fourth-order valence-electron chi connectivity index (χ4n) is 1.76. The summed E-state index contributed by atoms with van der Waals surface area (Å²) in [6.45, 7) is 0. The first kappa shape index (κ1) is 17.4. The van der Waals surface area contributed by atoms with E-state index >= 15 is 0 Å². The highest BCUT2D eigenvalue weighted by Gasteiger charge is 2.21. The average molecular weight is 406 g/mol. The van der Waals surface area contributed by atoms with Gasteiger partial charge in [-0.05, 0) is 36.4 Å². The molecule has 0 fully saturated rings. The molecule has 0 radical (unpaired) electrons. The van der Waals surface area contributed by atoms with Crippen molar-refractivity contribution in [3.8, 4) is 0 Å². The molecule has 9 heteroatoms. The van der Waals surface area contributed by atoms with Crippen molar-refractivity contribution in [2.24, 2.45) is 0 Å². The number of nitrogens with one attached hydrogen (secondary N) is 1. The zero-order valence-corrected chi connectivity index (χ0v) is 14.0. The number of benzene rings is 2. The first-order valence-corrected chi connectivity index (χ1v) is 8.38. The second-order valence-corrected chi connectivity index (χ2v) is 6.96. The van der Waals surface area contributed by atoms with Crippen LogP contribution in [0.1, 0.15) is 10.4 Å². The zero-order valence-electron chi connectivity index (χ0n) is 11.6. The molecule has 23 heavy (non-hydrogen) atoms. The molecule has 0 spiro atoms. The van der Waals surface area contributed by atoms with Crippen LogP contribution in [0.15, 0.2) is 45.8 Å². The Hall–Kier alpha value is -2.00. The number of methoxy groups -OCH3 is 1. The van der Waals surface area contributed by atoms with E-state index in [2.05, 4.69) is 20.7 Å². The number of carbonyl (C=O) groups is 1. The Kier molecular flexibility index (Phi) is 5.00. The number of sulfonamides is 1. The van der Waals surface area contributed by atoms with Gasteiger partial charge in [0.25, 0.3) is 10.0 Å². The molecule has 0 aliphatic carbocycles. The van der Waals surface area contributed by atoms with Crippen LogP contribution in [0.3, 0.4) is 0 Å². The van der Waals surface area contributed by atoms with Crippen LogP contribution in [-0.4, -0.2) is 21.5 Å².